The monoisotopic (exact) mass is 268 g/mol. The molecule has 0 atom stereocenters. The number of anilines is 1. The number of pyridine rings is 1. The van der Waals surface area contributed by atoms with Crippen LogP contribution in [-0.2, 0) is 5.33 Å². The molecule has 0 radical (unpaired) electrons. The Morgan fingerprint density at radius 3 is 2.93 bits per heavy atom. The summed E-state index contributed by atoms with van der Waals surface area (Å²) in [5.41, 5.74) is 1.54. The van der Waals surface area contributed by atoms with E-state index in [1.165, 1.54) is 18.4 Å². The van der Waals surface area contributed by atoms with Crippen LogP contribution < -0.4 is 4.90 Å². The van der Waals surface area contributed by atoms with Crippen LogP contribution in [0.1, 0.15) is 32.3 Å². The third kappa shape index (κ3) is 2.03. The highest BCUT2D eigenvalue weighted by Gasteiger charge is 2.33. The van der Waals surface area contributed by atoms with Gasteiger partial charge >= 0.3 is 0 Å². The molecule has 0 bridgehead atoms. The number of hydrogen-bond donors (Lipinski definition) is 0. The van der Waals surface area contributed by atoms with Gasteiger partial charge in [0.15, 0.2) is 0 Å². The Morgan fingerprint density at radius 2 is 2.33 bits per heavy atom. The first-order valence-corrected chi connectivity index (χ1v) is 6.55. The first-order valence-electron chi connectivity index (χ1n) is 5.42. The summed E-state index contributed by atoms with van der Waals surface area (Å²) >= 11 is 3.53. The van der Waals surface area contributed by atoms with E-state index in [0.29, 0.717) is 0 Å². The maximum Gasteiger partial charge on any atom is 0.133 e. The minimum atomic E-state index is 0.255. The van der Waals surface area contributed by atoms with Crippen molar-refractivity contribution in [2.45, 2.75) is 37.6 Å². The molecule has 1 aliphatic heterocycles. The van der Waals surface area contributed by atoms with Gasteiger partial charge in [0.1, 0.15) is 5.82 Å². The normalized spacial score (nSPS) is 19.5. The molecule has 0 aromatic carbocycles. The van der Waals surface area contributed by atoms with Gasteiger partial charge in [0, 0.05) is 29.2 Å². The molecule has 1 aromatic rings. The van der Waals surface area contributed by atoms with Gasteiger partial charge in [-0.15, -0.1) is 0 Å². The summed E-state index contributed by atoms with van der Waals surface area (Å²) < 4.78 is 0. The van der Waals surface area contributed by atoms with E-state index in [4.69, 9.17) is 0 Å². The van der Waals surface area contributed by atoms with E-state index in [-0.39, 0.29) is 5.54 Å². The van der Waals surface area contributed by atoms with Crippen LogP contribution in [0.5, 0.6) is 0 Å². The molecule has 2 heterocycles. The Hall–Kier alpha value is -0.570. The molecule has 0 N–H and O–H groups in total. The number of alkyl halides is 1. The molecule has 0 spiro atoms. The fourth-order valence-electron chi connectivity index (χ4n) is 2.28. The number of hydrogen-bond acceptors (Lipinski definition) is 2. The number of halogens is 1. The summed E-state index contributed by atoms with van der Waals surface area (Å²) in [7, 11) is 0. The molecular weight excluding hydrogens is 252 g/mol. The van der Waals surface area contributed by atoms with Gasteiger partial charge in [0.05, 0.1) is 0 Å². The Balaban J connectivity index is 2.36. The summed E-state index contributed by atoms with van der Waals surface area (Å²) in [6.07, 6.45) is 4.41. The molecule has 1 aliphatic rings. The first kappa shape index (κ1) is 10.9. The predicted molar refractivity (Wildman–Crippen MR) is 67.5 cm³/mol. The largest absolute Gasteiger partial charge is 0.351 e. The molecule has 1 fully saturated rings. The third-order valence-electron chi connectivity index (χ3n) is 3.17. The molecule has 3 heteroatoms. The summed E-state index contributed by atoms with van der Waals surface area (Å²) in [5, 5.41) is 0.878. The van der Waals surface area contributed by atoms with Gasteiger partial charge in [0.2, 0.25) is 0 Å². The highest BCUT2D eigenvalue weighted by Crippen LogP contribution is 2.34. The molecule has 1 aromatic heterocycles. The van der Waals surface area contributed by atoms with E-state index in [1.807, 2.05) is 12.3 Å². The number of nitrogens with zero attached hydrogens (tertiary/aromatic N) is 2. The van der Waals surface area contributed by atoms with Crippen molar-refractivity contribution in [2.24, 2.45) is 0 Å². The second-order valence-electron chi connectivity index (χ2n) is 4.69. The average Bonchev–Trinajstić information content (AvgIpc) is 2.58. The topological polar surface area (TPSA) is 16.1 Å². The van der Waals surface area contributed by atoms with E-state index in [1.54, 1.807) is 0 Å². The van der Waals surface area contributed by atoms with Crippen LogP contribution in [0.25, 0.3) is 0 Å². The highest BCUT2D eigenvalue weighted by atomic mass is 79.9. The van der Waals surface area contributed by atoms with Gasteiger partial charge in [0.25, 0.3) is 0 Å². The second-order valence-corrected chi connectivity index (χ2v) is 5.25. The van der Waals surface area contributed by atoms with Crippen molar-refractivity contribution in [3.05, 3.63) is 23.9 Å². The minimum absolute atomic E-state index is 0.255. The summed E-state index contributed by atoms with van der Waals surface area (Å²) in [6.45, 7) is 5.73. The second kappa shape index (κ2) is 4.12. The van der Waals surface area contributed by atoms with E-state index in [0.717, 1.165) is 17.7 Å². The molecule has 2 nitrogen and oxygen atoms in total. The zero-order chi connectivity index (χ0) is 10.9. The van der Waals surface area contributed by atoms with Crippen LogP contribution >= 0.6 is 15.9 Å². The molecule has 82 valence electrons. The van der Waals surface area contributed by atoms with Crippen molar-refractivity contribution < 1.29 is 0 Å². The van der Waals surface area contributed by atoms with Crippen LogP contribution in [0.15, 0.2) is 18.3 Å². The standard InChI is InChI=1S/C12H17BrN2/c1-12(2)6-4-8-15(12)11-10(9-13)5-3-7-14-11/h3,5,7H,4,6,8-9H2,1-2H3. The Morgan fingerprint density at radius 1 is 1.53 bits per heavy atom. The Bertz CT molecular complexity index is 349. The lowest BCUT2D eigenvalue weighted by atomic mass is 10.0. The SMILES string of the molecule is CC1(C)CCCN1c1ncccc1CBr. The summed E-state index contributed by atoms with van der Waals surface area (Å²) in [5.74, 6) is 1.15. The predicted octanol–water partition coefficient (Wildman–Crippen LogP) is 3.36. The van der Waals surface area contributed by atoms with Gasteiger partial charge in [-0.05, 0) is 32.8 Å². The maximum atomic E-state index is 4.52. The zero-order valence-electron chi connectivity index (χ0n) is 9.33. The Labute approximate surface area is 99.8 Å². The van der Waals surface area contributed by atoms with Crippen molar-refractivity contribution >= 4 is 21.7 Å². The van der Waals surface area contributed by atoms with Crippen LogP contribution in [0.4, 0.5) is 5.82 Å². The van der Waals surface area contributed by atoms with Gasteiger partial charge in [-0.3, -0.25) is 0 Å². The molecule has 2 rings (SSSR count). The maximum absolute atomic E-state index is 4.52. The smallest absolute Gasteiger partial charge is 0.133 e. The number of aromatic nitrogens is 1. The van der Waals surface area contributed by atoms with Crippen LogP contribution in [0.3, 0.4) is 0 Å². The molecular formula is C12H17BrN2. The van der Waals surface area contributed by atoms with Gasteiger partial charge in [-0.2, -0.15) is 0 Å². The molecule has 0 aliphatic carbocycles. The van der Waals surface area contributed by atoms with Crippen LogP contribution in [0, 0.1) is 0 Å². The van der Waals surface area contributed by atoms with E-state index < -0.39 is 0 Å². The van der Waals surface area contributed by atoms with E-state index in [9.17, 15) is 0 Å². The van der Waals surface area contributed by atoms with Crippen molar-refractivity contribution in [3.8, 4) is 0 Å². The Kier molecular flexibility index (Phi) is 3.01. The third-order valence-corrected chi connectivity index (χ3v) is 3.77. The minimum Gasteiger partial charge on any atom is -0.351 e. The lowest BCUT2D eigenvalue weighted by Crippen LogP contribution is -2.39. The fraction of sp³-hybridized carbons (Fsp3) is 0.583. The lowest BCUT2D eigenvalue weighted by molar-refractivity contribution is 0.513. The highest BCUT2D eigenvalue weighted by molar-refractivity contribution is 9.08. The van der Waals surface area contributed by atoms with E-state index in [2.05, 4.69) is 45.7 Å². The fourth-order valence-corrected chi connectivity index (χ4v) is 2.72. The molecule has 15 heavy (non-hydrogen) atoms. The lowest BCUT2D eigenvalue weighted by Gasteiger charge is -2.33. The zero-order valence-corrected chi connectivity index (χ0v) is 10.9. The van der Waals surface area contributed by atoms with Crippen molar-refractivity contribution in [1.82, 2.24) is 4.98 Å². The van der Waals surface area contributed by atoms with Gasteiger partial charge < -0.3 is 4.90 Å². The average molecular weight is 269 g/mol. The van der Waals surface area contributed by atoms with Crippen molar-refractivity contribution in [3.63, 3.8) is 0 Å². The summed E-state index contributed by atoms with van der Waals surface area (Å²) in [4.78, 5) is 6.96. The molecule has 0 saturated carbocycles. The van der Waals surface area contributed by atoms with Gasteiger partial charge in [-0.25, -0.2) is 4.98 Å². The first-order chi connectivity index (χ1) is 7.15. The summed E-state index contributed by atoms with van der Waals surface area (Å²) in [6, 6.07) is 4.15. The molecule has 1 saturated heterocycles. The molecule has 0 amide bonds. The van der Waals surface area contributed by atoms with Crippen molar-refractivity contribution in [1.29, 1.82) is 0 Å². The van der Waals surface area contributed by atoms with E-state index >= 15 is 0 Å². The molecule has 0 unspecified atom stereocenters. The van der Waals surface area contributed by atoms with Gasteiger partial charge in [-0.1, -0.05) is 22.0 Å². The quantitative estimate of drug-likeness (QED) is 0.765. The number of rotatable bonds is 2. The van der Waals surface area contributed by atoms with Crippen molar-refractivity contribution in [2.75, 3.05) is 11.4 Å². The van der Waals surface area contributed by atoms with Crippen LogP contribution in [0.2, 0.25) is 0 Å². The van der Waals surface area contributed by atoms with Crippen LogP contribution in [-0.4, -0.2) is 17.1 Å².